The van der Waals surface area contributed by atoms with Crippen LogP contribution >= 0.6 is 0 Å². The minimum Gasteiger partial charge on any atom is -0.361 e. The van der Waals surface area contributed by atoms with Crippen LogP contribution < -0.4 is 5.32 Å². The third kappa shape index (κ3) is 4.44. The fourth-order valence-electron chi connectivity index (χ4n) is 1.19. The summed E-state index contributed by atoms with van der Waals surface area (Å²) < 4.78 is 37.7. The van der Waals surface area contributed by atoms with Gasteiger partial charge in [0.25, 0.3) is 0 Å². The highest BCUT2D eigenvalue weighted by Crippen LogP contribution is 2.14. The van der Waals surface area contributed by atoms with Crippen LogP contribution in [-0.4, -0.2) is 29.2 Å². The third-order valence-electron chi connectivity index (χ3n) is 1.99. The maximum atomic E-state index is 12.1. The van der Waals surface area contributed by atoms with Crippen molar-refractivity contribution < 1.29 is 13.2 Å². The molecule has 1 N–H and O–H groups in total. The van der Waals surface area contributed by atoms with Crippen LogP contribution in [0.2, 0.25) is 0 Å². The number of aromatic nitrogens is 2. The lowest BCUT2D eigenvalue weighted by molar-refractivity contribution is -0.123. The van der Waals surface area contributed by atoms with Crippen molar-refractivity contribution in [2.75, 3.05) is 6.54 Å². The minimum atomic E-state index is -4.30. The van der Waals surface area contributed by atoms with Crippen LogP contribution in [0, 0.1) is 0 Å². The van der Waals surface area contributed by atoms with Crippen LogP contribution in [0.4, 0.5) is 13.2 Å². The Bertz CT molecular complexity index is 443. The second kappa shape index (κ2) is 6.04. The molecule has 18 heavy (non-hydrogen) atoms. The van der Waals surface area contributed by atoms with E-state index < -0.39 is 12.7 Å². The number of allylic oxidation sites excluding steroid dienone is 3. The van der Waals surface area contributed by atoms with Crippen molar-refractivity contribution in [3.63, 3.8) is 0 Å². The highest BCUT2D eigenvalue weighted by Gasteiger charge is 2.26. The van der Waals surface area contributed by atoms with Crippen LogP contribution in [-0.2, 0) is 0 Å². The van der Waals surface area contributed by atoms with Gasteiger partial charge in [-0.05, 0) is 19.7 Å². The maximum absolute atomic E-state index is 12.1. The zero-order valence-corrected chi connectivity index (χ0v) is 9.78. The molecule has 0 bridgehead atoms. The van der Waals surface area contributed by atoms with Gasteiger partial charge in [-0.15, -0.1) is 0 Å². The van der Waals surface area contributed by atoms with Crippen molar-refractivity contribution >= 4 is 12.4 Å². The quantitative estimate of drug-likeness (QED) is 0.651. The van der Waals surface area contributed by atoms with Crippen LogP contribution in [0.25, 0.3) is 5.70 Å². The average Bonchev–Trinajstić information content (AvgIpc) is 2.82. The highest BCUT2D eigenvalue weighted by atomic mass is 19.4. The molecule has 0 fully saturated rings. The molecule has 0 saturated heterocycles. The number of aliphatic imine (C=N–C) groups is 1. The molecular formula is C11H13F3N4. The number of rotatable bonds is 5. The highest BCUT2D eigenvalue weighted by molar-refractivity contribution is 5.57. The summed E-state index contributed by atoms with van der Waals surface area (Å²) in [7, 11) is 0. The number of nitrogens with zero attached hydrogens (tertiary/aromatic N) is 3. The second-order valence-corrected chi connectivity index (χ2v) is 3.32. The molecule has 4 nitrogen and oxygen atoms in total. The van der Waals surface area contributed by atoms with E-state index >= 15 is 0 Å². The largest absolute Gasteiger partial charge is 0.405 e. The van der Waals surface area contributed by atoms with Gasteiger partial charge in [0.1, 0.15) is 12.4 Å². The zero-order chi connectivity index (χ0) is 13.6. The maximum Gasteiger partial charge on any atom is 0.405 e. The van der Waals surface area contributed by atoms with E-state index in [1.165, 1.54) is 10.8 Å². The summed E-state index contributed by atoms with van der Waals surface area (Å²) in [6.45, 7) is 3.81. The van der Waals surface area contributed by atoms with Gasteiger partial charge in [-0.25, -0.2) is 9.67 Å². The number of hydrogen-bond acceptors (Lipinski definition) is 3. The first-order valence-corrected chi connectivity index (χ1v) is 5.11. The topological polar surface area (TPSA) is 42.2 Å². The molecule has 0 atom stereocenters. The monoisotopic (exact) mass is 258 g/mol. The predicted molar refractivity (Wildman–Crippen MR) is 63.9 cm³/mol. The fraction of sp³-hybridized carbons (Fsp3) is 0.273. The first kappa shape index (κ1) is 14.0. The van der Waals surface area contributed by atoms with Gasteiger partial charge in [0.05, 0.1) is 5.70 Å². The van der Waals surface area contributed by atoms with Gasteiger partial charge in [0.2, 0.25) is 0 Å². The smallest absolute Gasteiger partial charge is 0.361 e. The second-order valence-electron chi connectivity index (χ2n) is 3.32. The average molecular weight is 258 g/mol. The van der Waals surface area contributed by atoms with Crippen molar-refractivity contribution in [1.82, 2.24) is 15.1 Å². The first-order valence-electron chi connectivity index (χ1n) is 5.11. The van der Waals surface area contributed by atoms with E-state index in [1.807, 2.05) is 0 Å². The summed E-state index contributed by atoms with van der Waals surface area (Å²) in [4.78, 5) is 3.51. The molecule has 0 aliphatic heterocycles. The lowest BCUT2D eigenvalue weighted by Crippen LogP contribution is -2.27. The SMILES string of the molecule is C=N/C(=C\C(=C/C)n1cccn1)NCC(F)(F)F. The fourth-order valence-corrected chi connectivity index (χ4v) is 1.19. The van der Waals surface area contributed by atoms with Crippen molar-refractivity contribution in [3.8, 4) is 0 Å². The van der Waals surface area contributed by atoms with Gasteiger partial charge in [-0.2, -0.15) is 18.3 Å². The summed E-state index contributed by atoms with van der Waals surface area (Å²) in [6.07, 6.45) is 2.09. The Morgan fingerprint density at radius 2 is 2.28 bits per heavy atom. The van der Waals surface area contributed by atoms with E-state index in [0.29, 0.717) is 5.70 Å². The summed E-state index contributed by atoms with van der Waals surface area (Å²) in [6, 6.07) is 1.71. The molecule has 0 aromatic carbocycles. The molecule has 0 spiro atoms. The van der Waals surface area contributed by atoms with Crippen molar-refractivity contribution in [3.05, 3.63) is 36.4 Å². The Balaban J connectivity index is 2.80. The van der Waals surface area contributed by atoms with Gasteiger partial charge in [-0.3, -0.25) is 0 Å². The normalized spacial score (nSPS) is 13.6. The van der Waals surface area contributed by atoms with Gasteiger partial charge in [0.15, 0.2) is 0 Å². The number of halogens is 3. The molecule has 1 heterocycles. The molecular weight excluding hydrogens is 245 g/mol. The third-order valence-corrected chi connectivity index (χ3v) is 1.99. The summed E-state index contributed by atoms with van der Waals surface area (Å²) in [5.41, 5.74) is 0.595. The Kier molecular flexibility index (Phi) is 4.70. The van der Waals surface area contributed by atoms with Crippen LogP contribution in [0.3, 0.4) is 0 Å². The number of nitrogens with one attached hydrogen (secondary N) is 1. The Morgan fingerprint density at radius 3 is 2.72 bits per heavy atom. The summed E-state index contributed by atoms with van der Waals surface area (Å²) in [5, 5.41) is 6.14. The van der Waals surface area contributed by atoms with Gasteiger partial charge >= 0.3 is 6.18 Å². The Morgan fingerprint density at radius 1 is 1.56 bits per heavy atom. The van der Waals surface area contributed by atoms with Crippen molar-refractivity contribution in [2.24, 2.45) is 4.99 Å². The Labute approximate surface area is 103 Å². The van der Waals surface area contributed by atoms with Crippen molar-refractivity contribution in [1.29, 1.82) is 0 Å². The van der Waals surface area contributed by atoms with Gasteiger partial charge < -0.3 is 5.32 Å². The van der Waals surface area contributed by atoms with Crippen LogP contribution in [0.15, 0.2) is 41.4 Å². The first-order chi connectivity index (χ1) is 8.46. The van der Waals surface area contributed by atoms with Gasteiger partial charge in [0, 0.05) is 18.5 Å². The lowest BCUT2D eigenvalue weighted by Gasteiger charge is -2.10. The van der Waals surface area contributed by atoms with E-state index in [2.05, 4.69) is 22.1 Å². The zero-order valence-electron chi connectivity index (χ0n) is 9.78. The van der Waals surface area contributed by atoms with E-state index in [0.717, 1.165) is 0 Å². The van der Waals surface area contributed by atoms with E-state index in [4.69, 9.17) is 0 Å². The van der Waals surface area contributed by atoms with E-state index in [-0.39, 0.29) is 5.82 Å². The minimum absolute atomic E-state index is 0.0379. The molecule has 0 amide bonds. The molecule has 1 aromatic heterocycles. The molecule has 98 valence electrons. The number of alkyl halides is 3. The molecule has 0 radical (unpaired) electrons. The summed E-state index contributed by atoms with van der Waals surface area (Å²) in [5.74, 6) is 0.0379. The predicted octanol–water partition coefficient (Wildman–Crippen LogP) is 2.44. The molecule has 0 aliphatic rings. The number of hydrogen-bond donors (Lipinski definition) is 1. The molecule has 0 saturated carbocycles. The van der Waals surface area contributed by atoms with E-state index in [9.17, 15) is 13.2 Å². The lowest BCUT2D eigenvalue weighted by atomic mass is 10.3. The summed E-state index contributed by atoms with van der Waals surface area (Å²) >= 11 is 0. The molecule has 7 heteroatoms. The molecule has 0 aliphatic carbocycles. The van der Waals surface area contributed by atoms with Crippen molar-refractivity contribution in [2.45, 2.75) is 13.1 Å². The molecule has 1 aromatic rings. The van der Waals surface area contributed by atoms with Crippen LogP contribution in [0.1, 0.15) is 6.92 Å². The van der Waals surface area contributed by atoms with E-state index in [1.54, 1.807) is 31.5 Å². The standard InChI is InChI=1S/C11H13F3N4/c1-3-9(18-6-4-5-17-18)7-10(15-2)16-8-11(12,13)14/h3-7,16H,2,8H2,1H3/b9-3+,10-7+. The van der Waals surface area contributed by atoms with Gasteiger partial charge in [-0.1, -0.05) is 6.08 Å². The molecule has 0 unspecified atom stereocenters. The Hall–Kier alpha value is -2.05. The molecule has 1 rings (SSSR count). The van der Waals surface area contributed by atoms with Crippen LogP contribution in [0.5, 0.6) is 0 Å².